The van der Waals surface area contributed by atoms with Gasteiger partial charge in [0.05, 0.1) is 20.4 Å². The van der Waals surface area contributed by atoms with E-state index in [0.29, 0.717) is 48.0 Å². The average molecular weight is 487 g/mol. The molecule has 0 radical (unpaired) electrons. The summed E-state index contributed by atoms with van der Waals surface area (Å²) in [6.07, 6.45) is 1.19. The normalized spacial score (nSPS) is 19.0. The summed E-state index contributed by atoms with van der Waals surface area (Å²) in [6, 6.07) is 20.0. The number of hydrogen-bond donors (Lipinski definition) is 0. The fraction of sp³-hybridized carbons (Fsp3) is 0.292. The summed E-state index contributed by atoms with van der Waals surface area (Å²) in [6.45, 7) is 1.40. The van der Waals surface area contributed by atoms with Crippen molar-refractivity contribution >= 4 is 50.1 Å². The highest BCUT2D eigenvalue weighted by Gasteiger charge is 2.48. The molecule has 2 aliphatic rings. The Morgan fingerprint density at radius 2 is 1.59 bits per heavy atom. The number of amides is 1. The van der Waals surface area contributed by atoms with Crippen LogP contribution in [0.2, 0.25) is 5.02 Å². The van der Waals surface area contributed by atoms with Crippen LogP contribution in [-0.2, 0) is 10.0 Å². The molecular weight excluding hydrogens is 464 g/mol. The van der Waals surface area contributed by atoms with Gasteiger partial charge in [0, 0.05) is 30.8 Å². The minimum Gasteiger partial charge on any atom is -0.323 e. The molecule has 0 bridgehead atoms. The fourth-order valence-corrected chi connectivity index (χ4v) is 8.05. The fourth-order valence-electron chi connectivity index (χ4n) is 4.73. The quantitative estimate of drug-likeness (QED) is 0.530. The SMILES string of the molecule is O=C(c1ccccc1Cl)N1CCSC12CCN(S(=O)(=O)c1cccc3ccccc13)CC2. The number of hydrogen-bond acceptors (Lipinski definition) is 4. The van der Waals surface area contributed by atoms with Gasteiger partial charge in [-0.1, -0.05) is 60.1 Å². The van der Waals surface area contributed by atoms with Gasteiger partial charge in [0.25, 0.3) is 5.91 Å². The lowest BCUT2D eigenvalue weighted by molar-refractivity contribution is 0.0605. The lowest BCUT2D eigenvalue weighted by Crippen LogP contribution is -2.53. The van der Waals surface area contributed by atoms with Crippen molar-refractivity contribution < 1.29 is 13.2 Å². The molecular formula is C24H23ClN2O3S2. The number of piperidine rings is 1. The highest BCUT2D eigenvalue weighted by atomic mass is 35.5. The zero-order valence-corrected chi connectivity index (χ0v) is 19.8. The largest absolute Gasteiger partial charge is 0.323 e. The van der Waals surface area contributed by atoms with Crippen molar-refractivity contribution in [3.8, 4) is 0 Å². The second kappa shape index (κ2) is 8.37. The van der Waals surface area contributed by atoms with Gasteiger partial charge in [-0.2, -0.15) is 4.31 Å². The highest BCUT2D eigenvalue weighted by Crippen LogP contribution is 2.45. The van der Waals surface area contributed by atoms with E-state index in [1.165, 1.54) is 0 Å². The summed E-state index contributed by atoms with van der Waals surface area (Å²) in [4.78, 5) is 15.1. The second-order valence-electron chi connectivity index (χ2n) is 8.11. The molecule has 0 unspecified atom stereocenters. The monoisotopic (exact) mass is 486 g/mol. The molecule has 5 rings (SSSR count). The smallest absolute Gasteiger partial charge is 0.256 e. The molecule has 8 heteroatoms. The van der Waals surface area contributed by atoms with Gasteiger partial charge in [0.1, 0.15) is 0 Å². The lowest BCUT2D eigenvalue weighted by Gasteiger charge is -2.43. The first-order valence-electron chi connectivity index (χ1n) is 10.6. The zero-order valence-electron chi connectivity index (χ0n) is 17.4. The summed E-state index contributed by atoms with van der Waals surface area (Å²) in [5.74, 6) is 0.762. The predicted octanol–water partition coefficient (Wildman–Crippen LogP) is 4.86. The summed E-state index contributed by atoms with van der Waals surface area (Å²) < 4.78 is 28.6. The molecule has 1 amide bonds. The minimum atomic E-state index is -3.63. The number of benzene rings is 3. The van der Waals surface area contributed by atoms with Crippen molar-refractivity contribution in [1.29, 1.82) is 0 Å². The first-order chi connectivity index (χ1) is 15.4. The van der Waals surface area contributed by atoms with Gasteiger partial charge >= 0.3 is 0 Å². The predicted molar refractivity (Wildman–Crippen MR) is 130 cm³/mol. The van der Waals surface area contributed by atoms with Gasteiger partial charge in [-0.05, 0) is 36.4 Å². The Morgan fingerprint density at radius 1 is 0.906 bits per heavy atom. The van der Waals surface area contributed by atoms with E-state index in [1.807, 2.05) is 47.4 Å². The first kappa shape index (κ1) is 21.8. The van der Waals surface area contributed by atoms with Crippen molar-refractivity contribution in [3.05, 3.63) is 77.3 Å². The molecule has 32 heavy (non-hydrogen) atoms. The molecule has 2 saturated heterocycles. The molecule has 0 aromatic heterocycles. The molecule has 2 aliphatic heterocycles. The van der Waals surface area contributed by atoms with Crippen LogP contribution in [0.25, 0.3) is 10.8 Å². The second-order valence-corrected chi connectivity index (χ2v) is 11.9. The Balaban J connectivity index is 1.39. The molecule has 0 atom stereocenters. The van der Waals surface area contributed by atoms with Crippen LogP contribution >= 0.6 is 23.4 Å². The lowest BCUT2D eigenvalue weighted by atomic mass is 10.0. The van der Waals surface area contributed by atoms with Gasteiger partial charge < -0.3 is 4.90 Å². The van der Waals surface area contributed by atoms with Crippen LogP contribution in [0.15, 0.2) is 71.6 Å². The third-order valence-corrected chi connectivity index (χ3v) is 10.2. The number of nitrogens with zero attached hydrogens (tertiary/aromatic N) is 2. The maximum absolute atomic E-state index is 13.5. The molecule has 5 nitrogen and oxygen atoms in total. The number of thioether (sulfide) groups is 1. The number of halogens is 1. The molecule has 2 heterocycles. The van der Waals surface area contributed by atoms with Crippen molar-refractivity contribution in [3.63, 3.8) is 0 Å². The van der Waals surface area contributed by atoms with Crippen LogP contribution in [0.1, 0.15) is 23.2 Å². The third-order valence-electron chi connectivity index (χ3n) is 6.40. The van der Waals surface area contributed by atoms with Gasteiger partial charge in [0.15, 0.2) is 0 Å². The third kappa shape index (κ3) is 3.61. The van der Waals surface area contributed by atoms with Crippen LogP contribution in [-0.4, -0.2) is 53.8 Å². The summed E-state index contributed by atoms with van der Waals surface area (Å²) in [5.41, 5.74) is 0.502. The molecule has 0 saturated carbocycles. The molecule has 0 aliphatic carbocycles. The van der Waals surface area contributed by atoms with Crippen LogP contribution in [0.5, 0.6) is 0 Å². The maximum Gasteiger partial charge on any atom is 0.256 e. The van der Waals surface area contributed by atoms with Crippen molar-refractivity contribution in [2.75, 3.05) is 25.4 Å². The molecule has 0 N–H and O–H groups in total. The standard InChI is InChI=1S/C24H23ClN2O3S2/c25-21-10-4-3-9-20(21)23(28)27-16-17-31-24(27)12-14-26(15-13-24)32(29,30)22-11-5-7-18-6-1-2-8-19(18)22/h1-11H,12-17H2. The van der Waals surface area contributed by atoms with Gasteiger partial charge in [-0.25, -0.2) is 8.42 Å². The van der Waals surface area contributed by atoms with E-state index in [-0.39, 0.29) is 10.8 Å². The van der Waals surface area contributed by atoms with E-state index in [9.17, 15) is 13.2 Å². The molecule has 3 aromatic carbocycles. The minimum absolute atomic E-state index is 0.0778. The van der Waals surface area contributed by atoms with Crippen molar-refractivity contribution in [1.82, 2.24) is 9.21 Å². The molecule has 1 spiro atoms. The molecule has 2 fully saturated rings. The Bertz CT molecular complexity index is 1280. The average Bonchev–Trinajstić information content (AvgIpc) is 3.21. The van der Waals surface area contributed by atoms with E-state index in [4.69, 9.17) is 11.6 Å². The Morgan fingerprint density at radius 3 is 2.38 bits per heavy atom. The highest BCUT2D eigenvalue weighted by molar-refractivity contribution is 8.00. The topological polar surface area (TPSA) is 57.7 Å². The number of sulfonamides is 1. The Kier molecular flexibility index (Phi) is 5.70. The van der Waals surface area contributed by atoms with Crippen molar-refractivity contribution in [2.24, 2.45) is 0 Å². The van der Waals surface area contributed by atoms with E-state index in [0.717, 1.165) is 16.5 Å². The van der Waals surface area contributed by atoms with Crippen molar-refractivity contribution in [2.45, 2.75) is 22.6 Å². The van der Waals surface area contributed by atoms with Gasteiger partial charge in [-0.15, -0.1) is 11.8 Å². The molecule has 166 valence electrons. The van der Waals surface area contributed by atoms with Crippen LogP contribution in [0.4, 0.5) is 0 Å². The first-order valence-corrected chi connectivity index (χ1v) is 13.4. The number of carbonyl (C=O) groups is 1. The van der Waals surface area contributed by atoms with E-state index in [2.05, 4.69) is 0 Å². The van der Waals surface area contributed by atoms with Crippen LogP contribution < -0.4 is 0 Å². The van der Waals surface area contributed by atoms with Crippen LogP contribution in [0.3, 0.4) is 0 Å². The summed E-state index contributed by atoms with van der Waals surface area (Å²) in [5, 5.41) is 2.09. The zero-order chi connectivity index (χ0) is 22.3. The summed E-state index contributed by atoms with van der Waals surface area (Å²) >= 11 is 8.04. The van der Waals surface area contributed by atoms with E-state index < -0.39 is 10.0 Å². The maximum atomic E-state index is 13.5. The van der Waals surface area contributed by atoms with E-state index >= 15 is 0 Å². The Hall–Kier alpha value is -2.06. The summed E-state index contributed by atoms with van der Waals surface area (Å²) in [7, 11) is -3.63. The Labute approximate surface area is 197 Å². The van der Waals surface area contributed by atoms with Crippen LogP contribution in [0, 0.1) is 0 Å². The number of rotatable bonds is 3. The van der Waals surface area contributed by atoms with Gasteiger partial charge in [0.2, 0.25) is 10.0 Å². The molecule has 3 aromatic rings. The number of fused-ring (bicyclic) bond motifs is 1. The number of carbonyl (C=O) groups excluding carboxylic acids is 1. The van der Waals surface area contributed by atoms with E-state index in [1.54, 1.807) is 40.3 Å². The van der Waals surface area contributed by atoms with Gasteiger partial charge in [-0.3, -0.25) is 4.79 Å².